The van der Waals surface area contributed by atoms with Gasteiger partial charge in [-0.05, 0) is 6.92 Å². The molecule has 0 radical (unpaired) electrons. The number of methoxy groups -OCH3 is 1. The number of esters is 1. The molecule has 5 nitrogen and oxygen atoms in total. The molecule has 1 aromatic heterocycles. The summed E-state index contributed by atoms with van der Waals surface area (Å²) in [6, 6.07) is 0. The van der Waals surface area contributed by atoms with Gasteiger partial charge in [-0.15, -0.1) is 0 Å². The highest BCUT2D eigenvalue weighted by atomic mass is 16.5. The molecule has 0 bridgehead atoms. The highest BCUT2D eigenvalue weighted by Gasteiger charge is 2.16. The summed E-state index contributed by atoms with van der Waals surface area (Å²) in [4.78, 5) is 17.5. The van der Waals surface area contributed by atoms with Crippen LogP contribution in [0.3, 0.4) is 0 Å². The van der Waals surface area contributed by atoms with E-state index in [-0.39, 0.29) is 6.42 Å². The Morgan fingerprint density at radius 2 is 2.54 bits per heavy atom. The van der Waals surface area contributed by atoms with E-state index >= 15 is 0 Å². The Kier molecular flexibility index (Phi) is 3.02. The van der Waals surface area contributed by atoms with Gasteiger partial charge in [-0.25, -0.2) is 4.98 Å². The van der Waals surface area contributed by atoms with E-state index < -0.39 is 12.1 Å². The fourth-order valence-electron chi connectivity index (χ4n) is 1.04. The first-order valence-corrected chi connectivity index (χ1v) is 3.90. The highest BCUT2D eigenvalue weighted by Crippen LogP contribution is 2.16. The molecule has 0 aromatic carbocycles. The molecule has 2 N–H and O–H groups in total. The molecule has 0 unspecified atom stereocenters. The van der Waals surface area contributed by atoms with Crippen LogP contribution in [-0.2, 0) is 9.53 Å². The number of aryl methyl sites for hydroxylation is 1. The molecule has 0 amide bonds. The number of nitrogens with zero attached hydrogens (tertiary/aromatic N) is 1. The number of hydrogen-bond acceptors (Lipinski definition) is 4. The Morgan fingerprint density at radius 3 is 3.00 bits per heavy atom. The second-order valence-corrected chi connectivity index (χ2v) is 2.71. The van der Waals surface area contributed by atoms with Gasteiger partial charge in [-0.1, -0.05) is 0 Å². The lowest BCUT2D eigenvalue weighted by molar-refractivity contribution is -0.142. The molecule has 0 saturated heterocycles. The van der Waals surface area contributed by atoms with Gasteiger partial charge in [0.2, 0.25) is 0 Å². The van der Waals surface area contributed by atoms with E-state index in [1.165, 1.54) is 13.4 Å². The second-order valence-electron chi connectivity index (χ2n) is 2.71. The average molecular weight is 184 g/mol. The van der Waals surface area contributed by atoms with Crippen LogP contribution in [0.2, 0.25) is 0 Å². The number of aliphatic hydroxyl groups excluding tert-OH is 1. The Bertz CT molecular complexity index is 295. The summed E-state index contributed by atoms with van der Waals surface area (Å²) >= 11 is 0. The van der Waals surface area contributed by atoms with Gasteiger partial charge >= 0.3 is 5.97 Å². The maximum atomic E-state index is 10.8. The van der Waals surface area contributed by atoms with Crippen LogP contribution >= 0.6 is 0 Å². The first-order valence-electron chi connectivity index (χ1n) is 3.90. The molecular formula is C8H12N2O3. The van der Waals surface area contributed by atoms with Crippen LogP contribution in [-0.4, -0.2) is 28.2 Å². The monoisotopic (exact) mass is 184 g/mol. The van der Waals surface area contributed by atoms with Crippen LogP contribution in [0.5, 0.6) is 0 Å². The minimum absolute atomic E-state index is 0.0673. The van der Waals surface area contributed by atoms with Crippen LogP contribution < -0.4 is 0 Å². The minimum Gasteiger partial charge on any atom is -0.469 e. The summed E-state index contributed by atoms with van der Waals surface area (Å²) in [5, 5.41) is 9.51. The van der Waals surface area contributed by atoms with Crippen molar-refractivity contribution >= 4 is 5.97 Å². The minimum atomic E-state index is -0.890. The predicted octanol–water partition coefficient (Wildman–Crippen LogP) is 0.315. The molecule has 0 aliphatic rings. The van der Waals surface area contributed by atoms with Gasteiger partial charge in [0.15, 0.2) is 0 Å². The molecular weight excluding hydrogens is 172 g/mol. The Morgan fingerprint density at radius 1 is 1.85 bits per heavy atom. The van der Waals surface area contributed by atoms with Gasteiger partial charge in [-0.3, -0.25) is 4.79 Å². The lowest BCUT2D eigenvalue weighted by Gasteiger charge is -2.06. The number of aromatic nitrogens is 2. The first kappa shape index (κ1) is 9.73. The largest absolute Gasteiger partial charge is 0.469 e. The molecule has 1 heterocycles. The van der Waals surface area contributed by atoms with Crippen molar-refractivity contribution in [2.45, 2.75) is 19.4 Å². The summed E-state index contributed by atoms with van der Waals surface area (Å²) in [7, 11) is 1.28. The number of nitrogens with one attached hydrogen (secondary N) is 1. The lowest BCUT2D eigenvalue weighted by Crippen LogP contribution is -2.09. The maximum Gasteiger partial charge on any atom is 0.308 e. The van der Waals surface area contributed by atoms with Crippen molar-refractivity contribution < 1.29 is 14.6 Å². The van der Waals surface area contributed by atoms with Crippen LogP contribution in [0, 0.1) is 6.92 Å². The van der Waals surface area contributed by atoms with Crippen molar-refractivity contribution in [1.82, 2.24) is 9.97 Å². The van der Waals surface area contributed by atoms with E-state index in [2.05, 4.69) is 14.7 Å². The number of imidazole rings is 1. The quantitative estimate of drug-likeness (QED) is 0.663. The number of rotatable bonds is 3. The zero-order chi connectivity index (χ0) is 9.84. The van der Waals surface area contributed by atoms with Crippen LogP contribution in [0.25, 0.3) is 0 Å². The zero-order valence-corrected chi connectivity index (χ0v) is 7.57. The summed E-state index contributed by atoms with van der Waals surface area (Å²) in [5.74, 6) is -0.449. The van der Waals surface area contributed by atoms with Gasteiger partial charge in [0.25, 0.3) is 0 Å². The van der Waals surface area contributed by atoms with Crippen molar-refractivity contribution in [2.75, 3.05) is 7.11 Å². The highest BCUT2D eigenvalue weighted by molar-refractivity contribution is 5.69. The molecule has 13 heavy (non-hydrogen) atoms. The number of ether oxygens (including phenoxy) is 1. The Labute approximate surface area is 75.8 Å². The van der Waals surface area contributed by atoms with Gasteiger partial charge in [0, 0.05) is 5.69 Å². The molecule has 0 spiro atoms. The van der Waals surface area contributed by atoms with Gasteiger partial charge in [0.05, 0.1) is 25.6 Å². The SMILES string of the molecule is COC(=O)C[C@H](O)c1nc[nH]c1C. The number of carbonyl (C=O) groups excluding carboxylic acids is 1. The normalized spacial score (nSPS) is 12.5. The lowest BCUT2D eigenvalue weighted by atomic mass is 10.1. The topological polar surface area (TPSA) is 75.2 Å². The number of carbonyl (C=O) groups is 1. The second kappa shape index (κ2) is 4.04. The number of aliphatic hydroxyl groups is 1. The van der Waals surface area contributed by atoms with Crippen molar-refractivity contribution in [1.29, 1.82) is 0 Å². The van der Waals surface area contributed by atoms with E-state index in [1.807, 2.05) is 0 Å². The average Bonchev–Trinajstić information content (AvgIpc) is 2.51. The smallest absolute Gasteiger partial charge is 0.308 e. The zero-order valence-electron chi connectivity index (χ0n) is 7.57. The van der Waals surface area contributed by atoms with E-state index in [4.69, 9.17) is 0 Å². The Balaban J connectivity index is 2.63. The van der Waals surface area contributed by atoms with Gasteiger partial charge in [0.1, 0.15) is 6.10 Å². The molecule has 72 valence electrons. The molecule has 1 atom stereocenters. The summed E-state index contributed by atoms with van der Waals surface area (Å²) in [6.07, 6.45) is 0.520. The molecule has 0 fully saturated rings. The van der Waals surface area contributed by atoms with E-state index in [9.17, 15) is 9.90 Å². The maximum absolute atomic E-state index is 10.8. The number of H-pyrrole nitrogens is 1. The standard InChI is InChI=1S/C8H12N2O3/c1-5-8(10-4-9-5)6(11)3-7(12)13-2/h4,6,11H,3H2,1-2H3,(H,9,10)/t6-/m0/s1. The fraction of sp³-hybridized carbons (Fsp3) is 0.500. The van der Waals surface area contributed by atoms with Crippen LogP contribution in [0.15, 0.2) is 6.33 Å². The van der Waals surface area contributed by atoms with Crippen LogP contribution in [0.4, 0.5) is 0 Å². The van der Waals surface area contributed by atoms with Crippen molar-refractivity contribution in [2.24, 2.45) is 0 Å². The van der Waals surface area contributed by atoms with Crippen molar-refractivity contribution in [3.05, 3.63) is 17.7 Å². The van der Waals surface area contributed by atoms with Crippen molar-refractivity contribution in [3.63, 3.8) is 0 Å². The molecule has 1 aromatic rings. The third-order valence-electron chi connectivity index (χ3n) is 1.77. The molecule has 0 aliphatic carbocycles. The summed E-state index contributed by atoms with van der Waals surface area (Å²) in [6.45, 7) is 1.78. The molecule has 0 saturated carbocycles. The summed E-state index contributed by atoms with van der Waals surface area (Å²) < 4.78 is 4.42. The van der Waals surface area contributed by atoms with Gasteiger partial charge in [-0.2, -0.15) is 0 Å². The van der Waals surface area contributed by atoms with Crippen LogP contribution in [0.1, 0.15) is 23.9 Å². The third kappa shape index (κ3) is 2.29. The van der Waals surface area contributed by atoms with Crippen molar-refractivity contribution in [3.8, 4) is 0 Å². The third-order valence-corrected chi connectivity index (χ3v) is 1.77. The molecule has 1 rings (SSSR count). The molecule has 5 heteroatoms. The van der Waals surface area contributed by atoms with E-state index in [0.717, 1.165) is 5.69 Å². The van der Waals surface area contributed by atoms with E-state index in [1.54, 1.807) is 6.92 Å². The number of aromatic amines is 1. The molecule has 0 aliphatic heterocycles. The van der Waals surface area contributed by atoms with E-state index in [0.29, 0.717) is 5.69 Å². The fourth-order valence-corrected chi connectivity index (χ4v) is 1.04. The number of hydrogen-bond donors (Lipinski definition) is 2. The summed E-state index contributed by atoms with van der Waals surface area (Å²) in [5.41, 5.74) is 1.25. The first-order chi connectivity index (χ1) is 6.15. The predicted molar refractivity (Wildman–Crippen MR) is 44.9 cm³/mol. The van der Waals surface area contributed by atoms with Gasteiger partial charge < -0.3 is 14.8 Å². The Hall–Kier alpha value is -1.36.